The Labute approximate surface area is 106 Å². The number of carbonyl (C=O) groups is 1. The average Bonchev–Trinajstić information content (AvgIpc) is 2.27. The van der Waals surface area contributed by atoms with Crippen molar-refractivity contribution in [3.05, 3.63) is 23.8 Å². The first-order valence-electron chi connectivity index (χ1n) is 5.88. The number of benzene rings is 1. The Balaban J connectivity index is 2.36. The van der Waals surface area contributed by atoms with E-state index < -0.39 is 0 Å². The van der Waals surface area contributed by atoms with Crippen molar-refractivity contribution in [2.24, 2.45) is 5.92 Å². The van der Waals surface area contributed by atoms with Crippen LogP contribution in [0.1, 0.15) is 24.2 Å². The third kappa shape index (κ3) is 4.63. The molecule has 0 saturated carbocycles. The molecule has 5 heteroatoms. The number of hydrogen-bond acceptors (Lipinski definition) is 4. The van der Waals surface area contributed by atoms with Gasteiger partial charge in [0.2, 0.25) is 0 Å². The van der Waals surface area contributed by atoms with Gasteiger partial charge in [0, 0.05) is 19.2 Å². The lowest BCUT2D eigenvalue weighted by Crippen LogP contribution is -2.27. The third-order valence-corrected chi connectivity index (χ3v) is 2.21. The van der Waals surface area contributed by atoms with Crippen molar-refractivity contribution in [1.82, 2.24) is 5.32 Å². The topological polar surface area (TPSA) is 78.8 Å². The van der Waals surface area contributed by atoms with Crippen molar-refractivity contribution in [2.75, 3.05) is 19.8 Å². The predicted molar refractivity (Wildman–Crippen MR) is 67.8 cm³/mol. The highest BCUT2D eigenvalue weighted by atomic mass is 16.5. The molecule has 0 heterocycles. The summed E-state index contributed by atoms with van der Waals surface area (Å²) in [5.74, 6) is -0.248. The quantitative estimate of drug-likeness (QED) is 0.671. The normalized spacial score (nSPS) is 10.6. The molecule has 0 fully saturated rings. The fourth-order valence-electron chi connectivity index (χ4n) is 1.36. The fraction of sp³-hybridized carbons (Fsp3) is 0.462. The number of aromatic hydroxyl groups is 2. The molecule has 0 unspecified atom stereocenters. The van der Waals surface area contributed by atoms with Gasteiger partial charge in [-0.2, -0.15) is 0 Å². The molecule has 0 aliphatic rings. The van der Waals surface area contributed by atoms with Crippen LogP contribution in [-0.4, -0.2) is 35.9 Å². The summed E-state index contributed by atoms with van der Waals surface area (Å²) in [5.41, 5.74) is 0.136. The average molecular weight is 253 g/mol. The Morgan fingerprint density at radius 3 is 2.72 bits per heavy atom. The second kappa shape index (κ2) is 6.86. The molecule has 100 valence electrons. The lowest BCUT2D eigenvalue weighted by molar-refractivity contribution is 0.0884. The highest BCUT2D eigenvalue weighted by molar-refractivity contribution is 5.96. The van der Waals surface area contributed by atoms with Crippen LogP contribution in [0.15, 0.2) is 18.2 Å². The monoisotopic (exact) mass is 253 g/mol. The van der Waals surface area contributed by atoms with Gasteiger partial charge in [0.05, 0.1) is 12.2 Å². The van der Waals surface area contributed by atoms with Crippen LogP contribution in [0.25, 0.3) is 0 Å². The summed E-state index contributed by atoms with van der Waals surface area (Å²) >= 11 is 0. The van der Waals surface area contributed by atoms with Crippen LogP contribution in [-0.2, 0) is 4.74 Å². The lowest BCUT2D eigenvalue weighted by atomic mass is 10.2. The molecule has 1 amide bonds. The number of phenolic OH excluding ortho intramolecular Hbond substituents is 2. The van der Waals surface area contributed by atoms with E-state index in [1.165, 1.54) is 12.1 Å². The number of carbonyl (C=O) groups excluding carboxylic acids is 1. The molecule has 0 aliphatic carbocycles. The summed E-state index contributed by atoms with van der Waals surface area (Å²) in [6, 6.07) is 3.85. The molecule has 18 heavy (non-hydrogen) atoms. The zero-order chi connectivity index (χ0) is 13.5. The van der Waals surface area contributed by atoms with Gasteiger partial charge in [-0.15, -0.1) is 0 Å². The zero-order valence-electron chi connectivity index (χ0n) is 10.6. The Hall–Kier alpha value is -1.75. The number of nitrogens with one attached hydrogen (secondary N) is 1. The van der Waals surface area contributed by atoms with Gasteiger partial charge in [-0.3, -0.25) is 4.79 Å². The minimum Gasteiger partial charge on any atom is -0.508 e. The van der Waals surface area contributed by atoms with Gasteiger partial charge in [0.1, 0.15) is 11.5 Å². The molecule has 1 aromatic rings. The van der Waals surface area contributed by atoms with E-state index in [1.54, 1.807) is 0 Å². The van der Waals surface area contributed by atoms with E-state index in [2.05, 4.69) is 5.32 Å². The summed E-state index contributed by atoms with van der Waals surface area (Å²) < 4.78 is 5.31. The summed E-state index contributed by atoms with van der Waals surface area (Å²) in [6.45, 7) is 5.56. The summed E-state index contributed by atoms with van der Waals surface area (Å²) in [6.07, 6.45) is 0. The van der Waals surface area contributed by atoms with Gasteiger partial charge in [0.25, 0.3) is 5.91 Å². The summed E-state index contributed by atoms with van der Waals surface area (Å²) in [7, 11) is 0. The number of phenols is 2. The Morgan fingerprint density at radius 2 is 2.11 bits per heavy atom. The smallest absolute Gasteiger partial charge is 0.255 e. The van der Waals surface area contributed by atoms with E-state index in [0.717, 1.165) is 6.07 Å². The van der Waals surface area contributed by atoms with Crippen LogP contribution in [0, 0.1) is 5.92 Å². The number of hydrogen-bond donors (Lipinski definition) is 3. The van der Waals surface area contributed by atoms with Crippen LogP contribution >= 0.6 is 0 Å². The first-order chi connectivity index (χ1) is 8.50. The number of ether oxygens (including phenoxy) is 1. The van der Waals surface area contributed by atoms with E-state index in [9.17, 15) is 9.90 Å². The highest BCUT2D eigenvalue weighted by Gasteiger charge is 2.10. The van der Waals surface area contributed by atoms with Crippen LogP contribution in [0.2, 0.25) is 0 Å². The van der Waals surface area contributed by atoms with Crippen LogP contribution in [0.4, 0.5) is 0 Å². The maximum Gasteiger partial charge on any atom is 0.255 e. The van der Waals surface area contributed by atoms with Crippen molar-refractivity contribution in [1.29, 1.82) is 0 Å². The first-order valence-corrected chi connectivity index (χ1v) is 5.88. The Morgan fingerprint density at radius 1 is 1.39 bits per heavy atom. The number of amides is 1. The van der Waals surface area contributed by atoms with Gasteiger partial charge >= 0.3 is 0 Å². The van der Waals surface area contributed by atoms with E-state index in [1.807, 2.05) is 13.8 Å². The van der Waals surface area contributed by atoms with Crippen molar-refractivity contribution in [3.8, 4) is 11.5 Å². The minimum atomic E-state index is -0.388. The molecule has 3 N–H and O–H groups in total. The molecule has 0 radical (unpaired) electrons. The van der Waals surface area contributed by atoms with Gasteiger partial charge < -0.3 is 20.3 Å². The molecule has 1 rings (SSSR count). The molecule has 0 atom stereocenters. The van der Waals surface area contributed by atoms with Gasteiger partial charge in [-0.25, -0.2) is 0 Å². The highest BCUT2D eigenvalue weighted by Crippen LogP contribution is 2.22. The molecule has 0 aromatic heterocycles. The zero-order valence-corrected chi connectivity index (χ0v) is 10.6. The van der Waals surface area contributed by atoms with Gasteiger partial charge in [-0.05, 0) is 18.1 Å². The van der Waals surface area contributed by atoms with Crippen molar-refractivity contribution < 1.29 is 19.7 Å². The van der Waals surface area contributed by atoms with Crippen molar-refractivity contribution >= 4 is 5.91 Å². The van der Waals surface area contributed by atoms with Crippen molar-refractivity contribution in [3.63, 3.8) is 0 Å². The van der Waals surface area contributed by atoms with E-state index in [4.69, 9.17) is 9.84 Å². The van der Waals surface area contributed by atoms with Crippen LogP contribution < -0.4 is 5.32 Å². The first kappa shape index (κ1) is 14.3. The van der Waals surface area contributed by atoms with E-state index in [0.29, 0.717) is 25.7 Å². The van der Waals surface area contributed by atoms with E-state index in [-0.39, 0.29) is 23.0 Å². The Kier molecular flexibility index (Phi) is 5.45. The molecule has 0 bridgehead atoms. The minimum absolute atomic E-state index is 0.0793. The molecule has 1 aromatic carbocycles. The molecular weight excluding hydrogens is 234 g/mol. The second-order valence-corrected chi connectivity index (χ2v) is 4.43. The van der Waals surface area contributed by atoms with Gasteiger partial charge in [0.15, 0.2) is 0 Å². The largest absolute Gasteiger partial charge is 0.508 e. The molecular formula is C13H19NO4. The standard InChI is InChI=1S/C13H19NO4/c1-9(2)8-18-6-5-14-13(17)11-4-3-10(15)7-12(11)16/h3-4,7,9,15-16H,5-6,8H2,1-2H3,(H,14,17). The van der Waals surface area contributed by atoms with E-state index >= 15 is 0 Å². The summed E-state index contributed by atoms with van der Waals surface area (Å²) in [4.78, 5) is 11.7. The molecule has 0 spiro atoms. The lowest BCUT2D eigenvalue weighted by Gasteiger charge is -2.09. The molecule has 0 saturated heterocycles. The maximum absolute atomic E-state index is 11.7. The number of rotatable bonds is 6. The van der Waals surface area contributed by atoms with Gasteiger partial charge in [-0.1, -0.05) is 13.8 Å². The Bertz CT molecular complexity index is 404. The SMILES string of the molecule is CC(C)COCCNC(=O)c1ccc(O)cc1O. The molecule has 5 nitrogen and oxygen atoms in total. The second-order valence-electron chi connectivity index (χ2n) is 4.43. The fourth-order valence-corrected chi connectivity index (χ4v) is 1.36. The maximum atomic E-state index is 11.7. The third-order valence-electron chi connectivity index (χ3n) is 2.21. The predicted octanol–water partition coefficient (Wildman–Crippen LogP) is 1.50. The van der Waals surface area contributed by atoms with Crippen molar-refractivity contribution in [2.45, 2.75) is 13.8 Å². The van der Waals surface area contributed by atoms with Crippen LogP contribution in [0.3, 0.4) is 0 Å². The molecule has 0 aliphatic heterocycles. The van der Waals surface area contributed by atoms with Crippen LogP contribution in [0.5, 0.6) is 11.5 Å². The summed E-state index contributed by atoms with van der Waals surface area (Å²) in [5, 5.41) is 21.2.